The summed E-state index contributed by atoms with van der Waals surface area (Å²) in [5.41, 5.74) is 4.68. The van der Waals surface area contributed by atoms with E-state index in [-0.39, 0.29) is 0 Å². The van der Waals surface area contributed by atoms with Gasteiger partial charge < -0.3 is 10.3 Å². The van der Waals surface area contributed by atoms with Crippen LogP contribution in [-0.4, -0.2) is 4.98 Å². The lowest BCUT2D eigenvalue weighted by Crippen LogP contribution is -2.00. The summed E-state index contributed by atoms with van der Waals surface area (Å²) in [5, 5.41) is 5.43. The monoisotopic (exact) mass is 348 g/mol. The van der Waals surface area contributed by atoms with Crippen LogP contribution in [0.15, 0.2) is 47.1 Å². The molecule has 20 heavy (non-hydrogen) atoms. The Bertz CT molecular complexity index is 764. The number of aryl methyl sites for hydroxylation is 1. The second kappa shape index (κ2) is 5.51. The van der Waals surface area contributed by atoms with E-state index in [1.165, 1.54) is 16.5 Å². The van der Waals surface area contributed by atoms with Crippen molar-refractivity contribution in [1.29, 1.82) is 0 Å². The van der Waals surface area contributed by atoms with Crippen molar-refractivity contribution in [3.8, 4) is 0 Å². The summed E-state index contributed by atoms with van der Waals surface area (Å²) in [6.45, 7) is 2.88. The van der Waals surface area contributed by atoms with E-state index in [2.05, 4.69) is 51.4 Å². The number of aromatic amines is 1. The summed E-state index contributed by atoms with van der Waals surface area (Å²) < 4.78 is 1.08. The molecule has 0 amide bonds. The number of halogens is 2. The molecule has 2 aromatic carbocycles. The van der Waals surface area contributed by atoms with Crippen molar-refractivity contribution in [2.45, 2.75) is 13.5 Å². The lowest BCUT2D eigenvalue weighted by molar-refractivity contribution is 1.15. The van der Waals surface area contributed by atoms with Crippen molar-refractivity contribution in [3.05, 3.63) is 63.2 Å². The zero-order valence-corrected chi connectivity index (χ0v) is 13.3. The third-order valence-corrected chi connectivity index (χ3v) is 4.13. The molecular weight excluding hydrogens is 336 g/mol. The number of H-pyrrole nitrogens is 1. The number of hydrogen-bond donors (Lipinski definition) is 2. The van der Waals surface area contributed by atoms with Crippen LogP contribution in [0.25, 0.3) is 10.9 Å². The van der Waals surface area contributed by atoms with Crippen LogP contribution in [0.2, 0.25) is 5.02 Å². The van der Waals surface area contributed by atoms with Gasteiger partial charge >= 0.3 is 0 Å². The highest BCUT2D eigenvalue weighted by atomic mass is 79.9. The summed E-state index contributed by atoms with van der Waals surface area (Å²) in [4.78, 5) is 3.26. The van der Waals surface area contributed by atoms with Gasteiger partial charge in [-0.2, -0.15) is 0 Å². The average molecular weight is 350 g/mol. The summed E-state index contributed by atoms with van der Waals surface area (Å²) in [5.74, 6) is 0. The zero-order chi connectivity index (χ0) is 14.1. The fourth-order valence-electron chi connectivity index (χ4n) is 2.28. The van der Waals surface area contributed by atoms with Gasteiger partial charge in [-0.15, -0.1) is 0 Å². The van der Waals surface area contributed by atoms with Gasteiger partial charge in [0.05, 0.1) is 0 Å². The van der Waals surface area contributed by atoms with E-state index in [9.17, 15) is 0 Å². The zero-order valence-electron chi connectivity index (χ0n) is 11.0. The summed E-state index contributed by atoms with van der Waals surface area (Å²) in [6.07, 6.45) is 2.03. The van der Waals surface area contributed by atoms with E-state index in [0.29, 0.717) is 0 Å². The molecule has 0 fully saturated rings. The van der Waals surface area contributed by atoms with Crippen LogP contribution >= 0.6 is 27.5 Å². The summed E-state index contributed by atoms with van der Waals surface area (Å²) in [6, 6.07) is 12.2. The van der Waals surface area contributed by atoms with Gasteiger partial charge in [0.25, 0.3) is 0 Å². The Morgan fingerprint density at radius 1 is 1.20 bits per heavy atom. The molecule has 0 aliphatic carbocycles. The van der Waals surface area contributed by atoms with Crippen LogP contribution in [0.1, 0.15) is 11.1 Å². The number of anilines is 1. The molecule has 0 spiro atoms. The van der Waals surface area contributed by atoms with Crippen molar-refractivity contribution in [2.75, 3.05) is 5.32 Å². The topological polar surface area (TPSA) is 27.8 Å². The van der Waals surface area contributed by atoms with Crippen LogP contribution in [0.4, 0.5) is 5.69 Å². The molecule has 4 heteroatoms. The highest BCUT2D eigenvalue weighted by molar-refractivity contribution is 9.10. The van der Waals surface area contributed by atoms with Gasteiger partial charge in [0.2, 0.25) is 0 Å². The Labute approximate surface area is 131 Å². The van der Waals surface area contributed by atoms with Crippen molar-refractivity contribution >= 4 is 44.1 Å². The first-order chi connectivity index (χ1) is 9.63. The van der Waals surface area contributed by atoms with Crippen LogP contribution in [0.5, 0.6) is 0 Å². The lowest BCUT2D eigenvalue weighted by Gasteiger charge is -2.09. The molecule has 2 N–H and O–H groups in total. The van der Waals surface area contributed by atoms with Crippen LogP contribution in [0.3, 0.4) is 0 Å². The van der Waals surface area contributed by atoms with E-state index in [1.54, 1.807) is 0 Å². The number of rotatable bonds is 3. The number of nitrogens with one attached hydrogen (secondary N) is 2. The first kappa shape index (κ1) is 13.5. The number of hydrogen-bond acceptors (Lipinski definition) is 1. The molecule has 0 aliphatic heterocycles. The van der Waals surface area contributed by atoms with Gasteiger partial charge in [-0.1, -0.05) is 39.7 Å². The van der Waals surface area contributed by atoms with E-state index < -0.39 is 0 Å². The maximum Gasteiger partial charge on any atom is 0.0472 e. The smallest absolute Gasteiger partial charge is 0.0472 e. The molecule has 1 heterocycles. The average Bonchev–Trinajstić information content (AvgIpc) is 2.82. The third kappa shape index (κ3) is 2.69. The van der Waals surface area contributed by atoms with Crippen molar-refractivity contribution in [2.24, 2.45) is 0 Å². The van der Waals surface area contributed by atoms with Gasteiger partial charge in [-0.05, 0) is 42.3 Å². The molecule has 0 aliphatic rings. The van der Waals surface area contributed by atoms with E-state index in [0.717, 1.165) is 27.2 Å². The van der Waals surface area contributed by atoms with E-state index >= 15 is 0 Å². The summed E-state index contributed by atoms with van der Waals surface area (Å²) in [7, 11) is 0. The number of fused-ring (bicyclic) bond motifs is 1. The predicted molar refractivity (Wildman–Crippen MR) is 89.5 cm³/mol. The molecule has 3 rings (SSSR count). The normalized spacial score (nSPS) is 10.9. The molecule has 0 bridgehead atoms. The van der Waals surface area contributed by atoms with E-state index in [1.807, 2.05) is 24.4 Å². The molecular formula is C16H14BrClN2. The molecule has 2 nitrogen and oxygen atoms in total. The largest absolute Gasteiger partial charge is 0.381 e. The molecule has 0 atom stereocenters. The van der Waals surface area contributed by atoms with Gasteiger partial charge in [-0.25, -0.2) is 0 Å². The minimum Gasteiger partial charge on any atom is -0.381 e. The second-order valence-electron chi connectivity index (χ2n) is 4.82. The number of benzene rings is 2. The summed E-state index contributed by atoms with van der Waals surface area (Å²) >= 11 is 9.50. The Morgan fingerprint density at radius 3 is 2.90 bits per heavy atom. The fraction of sp³-hybridized carbons (Fsp3) is 0.125. The maximum absolute atomic E-state index is 6.00. The Kier molecular flexibility index (Phi) is 3.72. The molecule has 102 valence electrons. The van der Waals surface area contributed by atoms with Crippen LogP contribution in [0, 0.1) is 6.92 Å². The Hall–Kier alpha value is -1.45. The lowest BCUT2D eigenvalue weighted by atomic mass is 10.1. The second-order valence-corrected chi connectivity index (χ2v) is 6.17. The van der Waals surface area contributed by atoms with Crippen LogP contribution in [-0.2, 0) is 6.54 Å². The maximum atomic E-state index is 6.00. The first-order valence-electron chi connectivity index (χ1n) is 6.39. The van der Waals surface area contributed by atoms with Crippen molar-refractivity contribution in [1.82, 2.24) is 4.98 Å². The Balaban J connectivity index is 1.85. The minimum atomic E-state index is 0.752. The van der Waals surface area contributed by atoms with E-state index in [4.69, 9.17) is 11.6 Å². The highest BCUT2D eigenvalue weighted by Gasteiger charge is 2.05. The van der Waals surface area contributed by atoms with Gasteiger partial charge in [0.15, 0.2) is 0 Å². The molecule has 0 saturated carbocycles. The first-order valence-corrected chi connectivity index (χ1v) is 7.56. The molecule has 0 saturated heterocycles. The predicted octanol–water partition coefficient (Wildman–Crippen LogP) is 5.50. The highest BCUT2D eigenvalue weighted by Crippen LogP contribution is 2.25. The van der Waals surface area contributed by atoms with Crippen molar-refractivity contribution < 1.29 is 0 Å². The van der Waals surface area contributed by atoms with Gasteiger partial charge in [-0.3, -0.25) is 0 Å². The number of aromatic nitrogens is 1. The fourth-order valence-corrected chi connectivity index (χ4v) is 2.81. The molecule has 3 aromatic rings. The van der Waals surface area contributed by atoms with Gasteiger partial charge in [0, 0.05) is 38.8 Å². The Morgan fingerprint density at radius 2 is 2.05 bits per heavy atom. The van der Waals surface area contributed by atoms with Gasteiger partial charge in [0.1, 0.15) is 0 Å². The molecule has 0 radical (unpaired) electrons. The molecule has 1 aromatic heterocycles. The molecule has 0 unspecified atom stereocenters. The standard InChI is InChI=1S/C16H14BrClN2/c1-10-2-3-12(17)6-15(10)19-8-11-9-20-16-7-13(18)4-5-14(11)16/h2-7,9,19-20H,8H2,1H3. The van der Waals surface area contributed by atoms with Crippen LogP contribution < -0.4 is 5.32 Å². The third-order valence-electron chi connectivity index (χ3n) is 3.40. The SMILES string of the molecule is Cc1ccc(Br)cc1NCc1c[nH]c2cc(Cl)ccc12. The minimum absolute atomic E-state index is 0.752. The quantitative estimate of drug-likeness (QED) is 0.641. The van der Waals surface area contributed by atoms with Crippen molar-refractivity contribution in [3.63, 3.8) is 0 Å².